The normalized spacial score (nSPS) is 10.7. The van der Waals surface area contributed by atoms with Crippen LogP contribution in [0.5, 0.6) is 0 Å². The molecule has 1 aromatic heterocycles. The highest BCUT2D eigenvalue weighted by molar-refractivity contribution is 7.07. The molecule has 0 saturated heterocycles. The lowest BCUT2D eigenvalue weighted by Crippen LogP contribution is -2.31. The monoisotopic (exact) mass is 322 g/mol. The summed E-state index contributed by atoms with van der Waals surface area (Å²) in [5.74, 6) is -0.342. The van der Waals surface area contributed by atoms with Crippen LogP contribution in [0.3, 0.4) is 0 Å². The van der Waals surface area contributed by atoms with Crippen LogP contribution < -0.4 is 4.87 Å². The van der Waals surface area contributed by atoms with Crippen molar-refractivity contribution in [2.45, 2.75) is 33.4 Å². The van der Waals surface area contributed by atoms with Crippen LogP contribution >= 0.6 is 11.3 Å². The van der Waals surface area contributed by atoms with E-state index in [4.69, 9.17) is 0 Å². The lowest BCUT2D eigenvalue weighted by Gasteiger charge is -2.21. The highest BCUT2D eigenvalue weighted by Crippen LogP contribution is 2.09. The third-order valence-corrected chi connectivity index (χ3v) is 4.40. The molecule has 0 bridgehead atoms. The highest BCUT2D eigenvalue weighted by Gasteiger charge is 2.13. The van der Waals surface area contributed by atoms with Crippen molar-refractivity contribution in [3.63, 3.8) is 0 Å². The van der Waals surface area contributed by atoms with Gasteiger partial charge in [-0.2, -0.15) is 0 Å². The minimum absolute atomic E-state index is 0.0377. The van der Waals surface area contributed by atoms with E-state index in [1.54, 1.807) is 27.0 Å². The molecule has 6 heteroatoms. The van der Waals surface area contributed by atoms with Crippen molar-refractivity contribution in [1.82, 2.24) is 9.47 Å². The van der Waals surface area contributed by atoms with Gasteiger partial charge in [0.05, 0.1) is 0 Å². The predicted molar refractivity (Wildman–Crippen MR) is 85.4 cm³/mol. The average molecular weight is 322 g/mol. The van der Waals surface area contributed by atoms with Crippen LogP contribution in [0, 0.1) is 12.7 Å². The van der Waals surface area contributed by atoms with Gasteiger partial charge in [-0.3, -0.25) is 9.59 Å². The summed E-state index contributed by atoms with van der Waals surface area (Å²) in [6.45, 7) is 5.05. The van der Waals surface area contributed by atoms with Gasteiger partial charge >= 0.3 is 4.87 Å². The van der Waals surface area contributed by atoms with Crippen LogP contribution in [0.2, 0.25) is 0 Å². The molecule has 0 aliphatic rings. The summed E-state index contributed by atoms with van der Waals surface area (Å²) in [6.07, 6.45) is 0.265. The molecule has 0 aliphatic heterocycles. The summed E-state index contributed by atoms with van der Waals surface area (Å²) in [5.41, 5.74) is 1.63. The van der Waals surface area contributed by atoms with Gasteiger partial charge < -0.3 is 9.47 Å². The highest BCUT2D eigenvalue weighted by atomic mass is 32.1. The van der Waals surface area contributed by atoms with E-state index in [1.807, 2.05) is 13.8 Å². The Morgan fingerprint density at radius 2 is 2.18 bits per heavy atom. The molecule has 0 atom stereocenters. The van der Waals surface area contributed by atoms with Crippen molar-refractivity contribution in [2.75, 3.05) is 6.54 Å². The first-order valence-electron chi connectivity index (χ1n) is 7.18. The number of amides is 1. The maximum absolute atomic E-state index is 13.2. The molecule has 1 aromatic carbocycles. The number of hydrogen-bond acceptors (Lipinski definition) is 3. The standard InChI is InChI=1S/C16H19FN2O2S/c1-3-18(10-13-5-4-6-14(17)9-13)15(20)7-8-19-12(2)11-22-16(19)21/h4-6,9,11H,3,7-8,10H2,1-2H3. The molecule has 0 spiro atoms. The second kappa shape index (κ2) is 7.35. The maximum Gasteiger partial charge on any atom is 0.307 e. The number of aryl methyl sites for hydroxylation is 1. The zero-order valence-electron chi connectivity index (χ0n) is 12.7. The molecule has 1 heterocycles. The van der Waals surface area contributed by atoms with Gasteiger partial charge in [0.1, 0.15) is 5.82 Å². The Balaban J connectivity index is 1.99. The molecule has 2 aromatic rings. The summed E-state index contributed by atoms with van der Waals surface area (Å²) in [5, 5.41) is 1.79. The van der Waals surface area contributed by atoms with Crippen molar-refractivity contribution < 1.29 is 9.18 Å². The van der Waals surface area contributed by atoms with Crippen LogP contribution in [0.4, 0.5) is 4.39 Å². The van der Waals surface area contributed by atoms with Crippen LogP contribution in [-0.4, -0.2) is 21.9 Å². The van der Waals surface area contributed by atoms with E-state index in [9.17, 15) is 14.0 Å². The number of halogens is 1. The molecule has 0 fully saturated rings. The van der Waals surface area contributed by atoms with E-state index in [0.29, 0.717) is 19.6 Å². The Labute approximate surface area is 132 Å². The number of nitrogens with zero attached hydrogens (tertiary/aromatic N) is 2. The summed E-state index contributed by atoms with van der Waals surface area (Å²) in [4.78, 5) is 25.6. The Hall–Kier alpha value is -1.95. The van der Waals surface area contributed by atoms with E-state index in [1.165, 1.54) is 12.1 Å². The van der Waals surface area contributed by atoms with Crippen molar-refractivity contribution in [2.24, 2.45) is 0 Å². The Kier molecular flexibility index (Phi) is 5.49. The van der Waals surface area contributed by atoms with Gasteiger partial charge in [-0.1, -0.05) is 23.5 Å². The number of aromatic nitrogens is 1. The lowest BCUT2D eigenvalue weighted by atomic mass is 10.2. The molecular formula is C16H19FN2O2S. The fourth-order valence-electron chi connectivity index (χ4n) is 2.27. The van der Waals surface area contributed by atoms with E-state index in [0.717, 1.165) is 22.6 Å². The van der Waals surface area contributed by atoms with Crippen LogP contribution in [-0.2, 0) is 17.9 Å². The van der Waals surface area contributed by atoms with E-state index >= 15 is 0 Å². The van der Waals surface area contributed by atoms with Crippen molar-refractivity contribution >= 4 is 17.2 Å². The fourth-order valence-corrected chi connectivity index (χ4v) is 3.03. The molecule has 0 radical (unpaired) electrons. The minimum atomic E-state index is -0.304. The van der Waals surface area contributed by atoms with E-state index in [2.05, 4.69) is 0 Å². The van der Waals surface area contributed by atoms with Gasteiger partial charge in [-0.25, -0.2) is 4.39 Å². The molecule has 0 saturated carbocycles. The molecule has 0 N–H and O–H groups in total. The summed E-state index contributed by atoms with van der Waals surface area (Å²) >= 11 is 1.14. The van der Waals surface area contributed by atoms with Crippen molar-refractivity contribution in [3.05, 3.63) is 56.4 Å². The number of benzene rings is 1. The van der Waals surface area contributed by atoms with Crippen LogP contribution in [0.25, 0.3) is 0 Å². The van der Waals surface area contributed by atoms with Gasteiger partial charge in [0.2, 0.25) is 5.91 Å². The predicted octanol–water partition coefficient (Wildman–Crippen LogP) is 2.80. The quantitative estimate of drug-likeness (QED) is 0.821. The van der Waals surface area contributed by atoms with E-state index < -0.39 is 0 Å². The number of carbonyl (C=O) groups excluding carboxylic acids is 1. The molecule has 0 unspecified atom stereocenters. The summed E-state index contributed by atoms with van der Waals surface area (Å²) < 4.78 is 14.8. The van der Waals surface area contributed by atoms with E-state index in [-0.39, 0.29) is 23.0 Å². The minimum Gasteiger partial charge on any atom is -0.339 e. The maximum atomic E-state index is 13.2. The Bertz CT molecular complexity index is 708. The zero-order valence-corrected chi connectivity index (χ0v) is 13.5. The molecular weight excluding hydrogens is 303 g/mol. The summed E-state index contributed by atoms with van der Waals surface area (Å²) in [6, 6.07) is 6.25. The van der Waals surface area contributed by atoms with Crippen LogP contribution in [0.15, 0.2) is 34.4 Å². The van der Waals surface area contributed by atoms with Gasteiger partial charge in [0.15, 0.2) is 0 Å². The summed E-state index contributed by atoms with van der Waals surface area (Å²) in [7, 11) is 0. The first kappa shape index (κ1) is 16.4. The lowest BCUT2D eigenvalue weighted by molar-refractivity contribution is -0.131. The van der Waals surface area contributed by atoms with Crippen molar-refractivity contribution in [3.8, 4) is 0 Å². The molecule has 22 heavy (non-hydrogen) atoms. The largest absolute Gasteiger partial charge is 0.339 e. The van der Waals surface area contributed by atoms with Gasteiger partial charge in [-0.15, -0.1) is 0 Å². The number of rotatable bonds is 6. The molecule has 0 aliphatic carbocycles. The SMILES string of the molecule is CCN(Cc1cccc(F)c1)C(=O)CCn1c(C)csc1=O. The fraction of sp³-hybridized carbons (Fsp3) is 0.375. The Morgan fingerprint density at radius 1 is 1.41 bits per heavy atom. The second-order valence-corrected chi connectivity index (χ2v) is 5.90. The van der Waals surface area contributed by atoms with Crippen molar-refractivity contribution in [1.29, 1.82) is 0 Å². The number of hydrogen-bond donors (Lipinski definition) is 0. The topological polar surface area (TPSA) is 42.3 Å². The second-order valence-electron chi connectivity index (χ2n) is 5.08. The zero-order chi connectivity index (χ0) is 16.1. The van der Waals surface area contributed by atoms with Gasteiger partial charge in [0, 0.05) is 37.1 Å². The third kappa shape index (κ3) is 4.04. The number of thiazole rings is 1. The molecule has 4 nitrogen and oxygen atoms in total. The van der Waals surface area contributed by atoms with Crippen LogP contribution in [0.1, 0.15) is 24.6 Å². The van der Waals surface area contributed by atoms with Gasteiger partial charge in [-0.05, 0) is 31.5 Å². The Morgan fingerprint density at radius 3 is 2.77 bits per heavy atom. The number of carbonyl (C=O) groups is 1. The first-order chi connectivity index (χ1) is 10.5. The molecule has 118 valence electrons. The first-order valence-corrected chi connectivity index (χ1v) is 8.06. The third-order valence-electron chi connectivity index (χ3n) is 3.52. The smallest absolute Gasteiger partial charge is 0.307 e. The molecule has 1 amide bonds. The molecule has 2 rings (SSSR count). The van der Waals surface area contributed by atoms with Gasteiger partial charge in [0.25, 0.3) is 0 Å². The average Bonchev–Trinajstić information content (AvgIpc) is 2.81.